The average molecular weight is 863 g/mol. The second-order valence-electron chi connectivity index (χ2n) is 16.8. The van der Waals surface area contributed by atoms with E-state index in [1.165, 1.54) is 59.3 Å². The van der Waals surface area contributed by atoms with Gasteiger partial charge >= 0.3 is 23.9 Å². The number of carbonyl (C=O) groups excluding carboxylic acids is 4. The molecule has 0 radical (unpaired) electrons. The van der Waals surface area contributed by atoms with Crippen LogP contribution in [0.25, 0.3) is 11.1 Å². The topological polar surface area (TPSA) is 114 Å². The fourth-order valence-corrected chi connectivity index (χ4v) is 7.43. The van der Waals surface area contributed by atoms with Crippen molar-refractivity contribution in [2.75, 3.05) is 38.8 Å². The SMILES string of the molecule is C=C(C)C(=O)OCCCc1cc(-c2ccc(C3CCC(CCCCC)CC3)cc2F)cc(CCCS)c1OCC(COC(=O)C(=C)C)(COC(=O)C(=C)C)COC(=O)C(=C)C. The van der Waals surface area contributed by atoms with Gasteiger partial charge in [-0.2, -0.15) is 12.6 Å². The molecule has 9 nitrogen and oxygen atoms in total. The van der Waals surface area contributed by atoms with Gasteiger partial charge in [-0.25, -0.2) is 23.6 Å². The second kappa shape index (κ2) is 25.3. The van der Waals surface area contributed by atoms with Gasteiger partial charge in [-0.3, -0.25) is 0 Å². The lowest BCUT2D eigenvalue weighted by Gasteiger charge is -2.33. The first-order chi connectivity index (χ1) is 29.0. The Hall–Kier alpha value is -4.64. The van der Waals surface area contributed by atoms with Gasteiger partial charge in [-0.1, -0.05) is 71.1 Å². The molecule has 334 valence electrons. The molecule has 0 saturated heterocycles. The molecule has 3 rings (SSSR count). The number of hydrogen-bond acceptors (Lipinski definition) is 10. The van der Waals surface area contributed by atoms with E-state index in [1.807, 2.05) is 24.3 Å². The van der Waals surface area contributed by atoms with Crippen LogP contribution in [0.4, 0.5) is 4.39 Å². The van der Waals surface area contributed by atoms with E-state index in [1.54, 1.807) is 13.0 Å². The number of benzene rings is 2. The van der Waals surface area contributed by atoms with Gasteiger partial charge in [-0.15, -0.1) is 0 Å². The Morgan fingerprint density at radius 1 is 0.689 bits per heavy atom. The number of halogens is 1. The molecule has 0 aromatic heterocycles. The quantitative estimate of drug-likeness (QED) is 0.0325. The molecule has 2 aromatic rings. The smallest absolute Gasteiger partial charge is 0.333 e. The van der Waals surface area contributed by atoms with Crippen molar-refractivity contribution in [3.05, 3.63) is 101 Å². The first-order valence-corrected chi connectivity index (χ1v) is 22.1. The zero-order chi connectivity index (χ0) is 45.1. The number of unbranched alkanes of at least 4 members (excludes halogenated alkanes) is 2. The van der Waals surface area contributed by atoms with Crippen molar-refractivity contribution >= 4 is 36.5 Å². The van der Waals surface area contributed by atoms with Crippen molar-refractivity contribution in [1.82, 2.24) is 0 Å². The van der Waals surface area contributed by atoms with Crippen molar-refractivity contribution in [2.24, 2.45) is 11.3 Å². The molecule has 1 saturated carbocycles. The number of thiol groups is 1. The van der Waals surface area contributed by atoms with Gasteiger partial charge in [0.2, 0.25) is 0 Å². The van der Waals surface area contributed by atoms with Crippen LogP contribution < -0.4 is 4.74 Å². The Labute approximate surface area is 368 Å². The van der Waals surface area contributed by atoms with Gasteiger partial charge in [0, 0.05) is 27.9 Å². The molecule has 0 heterocycles. The zero-order valence-electron chi connectivity index (χ0n) is 37.1. The number of carbonyl (C=O) groups is 4. The van der Waals surface area contributed by atoms with Crippen LogP contribution in [-0.2, 0) is 51.0 Å². The molecule has 11 heteroatoms. The fraction of sp³-hybridized carbons (Fsp3) is 0.520. The second-order valence-corrected chi connectivity index (χ2v) is 17.2. The Morgan fingerprint density at radius 3 is 1.67 bits per heavy atom. The highest BCUT2D eigenvalue weighted by molar-refractivity contribution is 7.80. The summed E-state index contributed by atoms with van der Waals surface area (Å²) in [4.78, 5) is 50.3. The van der Waals surface area contributed by atoms with Gasteiger partial charge in [-0.05, 0) is 137 Å². The lowest BCUT2D eigenvalue weighted by molar-refractivity contribution is -0.159. The molecule has 1 aliphatic rings. The van der Waals surface area contributed by atoms with Gasteiger partial charge < -0.3 is 23.7 Å². The summed E-state index contributed by atoms with van der Waals surface area (Å²) in [5.41, 5.74) is 2.87. The predicted molar refractivity (Wildman–Crippen MR) is 242 cm³/mol. The molecular formula is C50H67FO9S. The summed E-state index contributed by atoms with van der Waals surface area (Å²) in [5, 5.41) is 0. The van der Waals surface area contributed by atoms with Crippen LogP contribution in [0.2, 0.25) is 0 Å². The van der Waals surface area contributed by atoms with E-state index in [2.05, 4.69) is 45.9 Å². The van der Waals surface area contributed by atoms with Crippen molar-refractivity contribution in [2.45, 2.75) is 118 Å². The van der Waals surface area contributed by atoms with Crippen LogP contribution in [0.5, 0.6) is 5.75 Å². The third kappa shape index (κ3) is 16.3. The van der Waals surface area contributed by atoms with Gasteiger partial charge in [0.1, 0.15) is 43.4 Å². The molecular weight excluding hydrogens is 796 g/mol. The summed E-state index contributed by atoms with van der Waals surface area (Å²) in [6.45, 7) is 21.7. The molecule has 2 aromatic carbocycles. The van der Waals surface area contributed by atoms with Crippen LogP contribution in [0.15, 0.2) is 78.9 Å². The molecule has 1 aliphatic carbocycles. The molecule has 0 amide bonds. The molecule has 0 bridgehead atoms. The highest BCUT2D eigenvalue weighted by Gasteiger charge is 2.38. The number of hydrogen-bond donors (Lipinski definition) is 1. The molecule has 0 unspecified atom stereocenters. The molecule has 0 N–H and O–H groups in total. The van der Waals surface area contributed by atoms with Crippen LogP contribution in [0.1, 0.15) is 121 Å². The normalized spacial score (nSPS) is 15.0. The summed E-state index contributed by atoms with van der Waals surface area (Å²) in [7, 11) is 0. The van der Waals surface area contributed by atoms with Crippen LogP contribution >= 0.6 is 12.6 Å². The standard InChI is InChI=1S/C50H67FO9S/c1-10-11-12-15-37-18-20-38(21-19-37)39-22-23-43(44(51)28-39)42-26-40(16-13-24-56-46(52)33(2)3)45(41(27-42)17-14-25-61)57-29-50(30-58-47(53)34(4)5,31-59-48(54)35(6)7)32-60-49(55)36(8)9/h22-23,26-28,37-38,61H,2,4,6,8,10-21,24-25,29-32H2,1,3,5,7,9H3. The first-order valence-electron chi connectivity index (χ1n) is 21.5. The fourth-order valence-electron chi connectivity index (χ4n) is 7.27. The molecule has 0 aliphatic heterocycles. The number of esters is 4. The monoisotopic (exact) mass is 862 g/mol. The van der Waals surface area contributed by atoms with Crippen LogP contribution in [-0.4, -0.2) is 62.7 Å². The maximum Gasteiger partial charge on any atom is 0.333 e. The van der Waals surface area contributed by atoms with Crippen LogP contribution in [0, 0.1) is 17.2 Å². The zero-order valence-corrected chi connectivity index (χ0v) is 38.0. The minimum absolute atomic E-state index is 0.0970. The third-order valence-electron chi connectivity index (χ3n) is 11.0. The highest BCUT2D eigenvalue weighted by atomic mass is 32.1. The third-order valence-corrected chi connectivity index (χ3v) is 11.3. The minimum atomic E-state index is -1.41. The Morgan fingerprint density at radius 2 is 1.20 bits per heavy atom. The Bertz CT molecular complexity index is 1820. The van der Waals surface area contributed by atoms with E-state index in [0.717, 1.165) is 29.9 Å². The summed E-state index contributed by atoms with van der Waals surface area (Å²) in [6, 6.07) is 9.39. The molecule has 1 fully saturated rings. The van der Waals surface area contributed by atoms with Crippen molar-refractivity contribution in [1.29, 1.82) is 0 Å². The largest absolute Gasteiger partial charge is 0.492 e. The Kier molecular flexibility index (Phi) is 21.1. The minimum Gasteiger partial charge on any atom is -0.492 e. The van der Waals surface area contributed by atoms with Crippen molar-refractivity contribution in [3.8, 4) is 16.9 Å². The predicted octanol–water partition coefficient (Wildman–Crippen LogP) is 11.0. The number of ether oxygens (including phenoxy) is 5. The Balaban J connectivity index is 2.09. The maximum atomic E-state index is 16.3. The average Bonchev–Trinajstić information content (AvgIpc) is 3.23. The van der Waals surface area contributed by atoms with E-state index in [4.69, 9.17) is 23.7 Å². The number of rotatable bonds is 26. The van der Waals surface area contributed by atoms with Crippen molar-refractivity contribution < 1.29 is 47.3 Å². The van der Waals surface area contributed by atoms with Gasteiger partial charge in [0.15, 0.2) is 0 Å². The lowest BCUT2D eigenvalue weighted by atomic mass is 9.77. The first kappa shape index (κ1) is 50.7. The van der Waals surface area contributed by atoms with Crippen molar-refractivity contribution in [3.63, 3.8) is 0 Å². The van der Waals surface area contributed by atoms with E-state index in [-0.39, 0.29) is 61.1 Å². The van der Waals surface area contributed by atoms with E-state index in [0.29, 0.717) is 59.8 Å². The summed E-state index contributed by atoms with van der Waals surface area (Å²) in [6.07, 6.45) is 11.4. The van der Waals surface area contributed by atoms with Gasteiger partial charge in [0.05, 0.1) is 6.61 Å². The molecule has 0 atom stereocenters. The lowest BCUT2D eigenvalue weighted by Crippen LogP contribution is -2.44. The molecule has 61 heavy (non-hydrogen) atoms. The number of aryl methyl sites for hydroxylation is 2. The summed E-state index contributed by atoms with van der Waals surface area (Å²) < 4.78 is 45.3. The van der Waals surface area contributed by atoms with E-state index >= 15 is 4.39 Å². The van der Waals surface area contributed by atoms with Crippen LogP contribution in [0.3, 0.4) is 0 Å². The molecule has 0 spiro atoms. The van der Waals surface area contributed by atoms with E-state index in [9.17, 15) is 19.2 Å². The maximum absolute atomic E-state index is 16.3. The van der Waals surface area contributed by atoms with E-state index < -0.39 is 29.3 Å². The summed E-state index contributed by atoms with van der Waals surface area (Å²) >= 11 is 4.48. The highest BCUT2D eigenvalue weighted by Crippen LogP contribution is 2.40. The van der Waals surface area contributed by atoms with Gasteiger partial charge in [0.25, 0.3) is 0 Å². The summed E-state index contributed by atoms with van der Waals surface area (Å²) in [5.74, 6) is -0.809.